The molecule has 341 valence electrons. The van der Waals surface area contributed by atoms with E-state index in [9.17, 15) is 0 Å². The molecule has 0 unspecified atom stereocenters. The van der Waals surface area contributed by atoms with Gasteiger partial charge >= 0.3 is 0 Å². The largest absolute Gasteiger partial charge is 0.381 e. The van der Waals surface area contributed by atoms with Gasteiger partial charge in [-0.3, -0.25) is 9.97 Å². The van der Waals surface area contributed by atoms with Crippen LogP contribution in [0.2, 0.25) is 19.6 Å². The standard InChI is InChI=1S/C39H37N4.C20H28NSi.Ir/c1-7-42-35-16-12-11-15-30(35)33-21-28(17-18-36(33)42)39-41-34-19-20-40-26(6)37(34)43(39)38-31(24(2)3)22-29(23-32(38)25(4)5)27-13-9-8-10-14-27;1-15-8-10-16(11-9-15)18-12-17(13-20(2,3)4)19(14-21-18)22(5,6)7;/h8-16,18-25H,7H2,1-6H3;8-10,12,14H,13H2,1-7H3;/q2*-1;/i;1D3,13D2;. The number of fused-ring (bicyclic) bond motifs is 4. The van der Waals surface area contributed by atoms with Crippen LogP contribution in [0.4, 0.5) is 0 Å². The molecule has 0 aliphatic carbocycles. The molecule has 1 radical (unpaired) electrons. The van der Waals surface area contributed by atoms with E-state index in [-0.39, 0.29) is 25.7 Å². The van der Waals surface area contributed by atoms with Gasteiger partial charge in [-0.25, -0.2) is 0 Å². The summed E-state index contributed by atoms with van der Waals surface area (Å²) in [4.78, 5) is 14.6. The van der Waals surface area contributed by atoms with Crippen LogP contribution in [0.3, 0.4) is 0 Å². The third kappa shape index (κ3) is 9.81. The Morgan fingerprint density at radius 3 is 2.06 bits per heavy atom. The number of hydrogen-bond donors (Lipinski definition) is 0. The first kappa shape index (κ1) is 41.9. The van der Waals surface area contributed by atoms with Crippen LogP contribution in [0.5, 0.6) is 0 Å². The van der Waals surface area contributed by atoms with E-state index in [4.69, 9.17) is 16.8 Å². The minimum Gasteiger partial charge on any atom is -0.381 e. The molecular weight excluding hydrogens is 999 g/mol. The van der Waals surface area contributed by atoms with Crippen LogP contribution in [0.25, 0.3) is 72.3 Å². The van der Waals surface area contributed by atoms with Crippen molar-refractivity contribution in [1.29, 1.82) is 0 Å². The first-order valence-corrected chi connectivity index (χ1v) is 26.5. The molecule has 0 atom stereocenters. The van der Waals surface area contributed by atoms with Gasteiger partial charge in [0.05, 0.1) is 30.6 Å². The quantitative estimate of drug-likeness (QED) is 0.107. The van der Waals surface area contributed by atoms with Gasteiger partial charge in [0, 0.05) is 57.1 Å². The van der Waals surface area contributed by atoms with Crippen molar-refractivity contribution in [2.45, 2.75) is 114 Å². The second-order valence-electron chi connectivity index (χ2n) is 19.9. The number of nitrogens with zero attached hydrogens (tertiary/aromatic N) is 5. The maximum atomic E-state index is 8.79. The van der Waals surface area contributed by atoms with Crippen molar-refractivity contribution in [3.63, 3.8) is 0 Å². The van der Waals surface area contributed by atoms with Gasteiger partial charge in [-0.15, -0.1) is 59.2 Å². The summed E-state index contributed by atoms with van der Waals surface area (Å²) in [5.74, 6) is 1.50. The van der Waals surface area contributed by atoms with Crippen molar-refractivity contribution in [3.05, 3.63) is 162 Å². The SMILES string of the molecule is CCn1c2c[c-]c(-c3nc4ccnc(C)c4n3-c3c(C(C)C)cc(-c4ccccc4)cc3C(C)C)cc2c2ccccc21.[2H]C([2H])([2H])c1c[c-]c(-c2cc(C([2H])([2H])C(C)(C)C)c([Si](C)(C)C)cn2)cc1.[Ir]. The van der Waals surface area contributed by atoms with Gasteiger partial charge in [-0.2, -0.15) is 0 Å². The van der Waals surface area contributed by atoms with Crippen LogP contribution < -0.4 is 5.19 Å². The van der Waals surface area contributed by atoms with Gasteiger partial charge in [0.15, 0.2) is 0 Å². The van der Waals surface area contributed by atoms with E-state index in [1.165, 1.54) is 55.8 Å². The Balaban J connectivity index is 0.000000230. The Labute approximate surface area is 415 Å². The number of rotatable bonds is 9. The van der Waals surface area contributed by atoms with Gasteiger partial charge < -0.3 is 14.1 Å². The Morgan fingerprint density at radius 1 is 0.758 bits per heavy atom. The van der Waals surface area contributed by atoms with Gasteiger partial charge in [0.25, 0.3) is 0 Å². The molecule has 4 aromatic heterocycles. The average Bonchev–Trinajstić information content (AvgIpc) is 3.87. The normalized spacial score (nSPS) is 13.5. The third-order valence-electron chi connectivity index (χ3n) is 12.1. The Kier molecular flexibility index (Phi) is 12.3. The Morgan fingerprint density at radius 2 is 1.44 bits per heavy atom. The molecule has 7 heteroatoms. The first-order valence-electron chi connectivity index (χ1n) is 25.5. The number of aromatic nitrogens is 5. The molecule has 66 heavy (non-hydrogen) atoms. The van der Waals surface area contributed by atoms with Crippen LogP contribution in [0, 0.1) is 31.3 Å². The minimum atomic E-state index is -2.17. The van der Waals surface area contributed by atoms with Crippen molar-refractivity contribution < 1.29 is 27.0 Å². The molecule has 0 aliphatic rings. The monoisotopic (exact) mass is 1070 g/mol. The summed E-state index contributed by atoms with van der Waals surface area (Å²) in [6, 6.07) is 43.8. The molecule has 5 aromatic carbocycles. The van der Waals surface area contributed by atoms with E-state index in [0.29, 0.717) is 28.7 Å². The molecule has 0 saturated heterocycles. The second kappa shape index (κ2) is 19.4. The molecule has 4 heterocycles. The van der Waals surface area contributed by atoms with Gasteiger partial charge in [-0.05, 0) is 106 Å². The Bertz CT molecular complexity index is 3330. The molecule has 9 aromatic rings. The average molecular weight is 1070 g/mol. The van der Waals surface area contributed by atoms with Crippen LogP contribution >= 0.6 is 0 Å². The van der Waals surface area contributed by atoms with E-state index in [1.54, 1.807) is 18.3 Å². The molecule has 0 spiro atoms. The zero-order valence-corrected chi connectivity index (χ0v) is 43.9. The number of imidazole rings is 1. The van der Waals surface area contributed by atoms with E-state index in [2.05, 4.69) is 166 Å². The van der Waals surface area contributed by atoms with Crippen LogP contribution in [0.15, 0.2) is 122 Å². The molecule has 0 N–H and O–H groups in total. The molecule has 0 fully saturated rings. The van der Waals surface area contributed by atoms with Crippen LogP contribution in [-0.2, 0) is 33.0 Å². The van der Waals surface area contributed by atoms with E-state index in [0.717, 1.165) is 39.8 Å². The van der Waals surface area contributed by atoms with Crippen molar-refractivity contribution >= 4 is 46.1 Å². The fourth-order valence-electron chi connectivity index (χ4n) is 8.95. The van der Waals surface area contributed by atoms with Gasteiger partial charge in [0.2, 0.25) is 0 Å². The van der Waals surface area contributed by atoms with Crippen molar-refractivity contribution in [2.75, 3.05) is 0 Å². The number of para-hydroxylation sites is 1. The number of benzene rings is 5. The first-order chi connectivity index (χ1) is 32.9. The third-order valence-corrected chi connectivity index (χ3v) is 14.1. The predicted molar refractivity (Wildman–Crippen MR) is 280 cm³/mol. The fourth-order valence-corrected chi connectivity index (χ4v) is 10.3. The van der Waals surface area contributed by atoms with E-state index < -0.39 is 26.7 Å². The summed E-state index contributed by atoms with van der Waals surface area (Å²) in [6.45, 7) is 24.5. The zero-order valence-electron chi connectivity index (χ0n) is 45.5. The summed E-state index contributed by atoms with van der Waals surface area (Å²) in [5.41, 5.74) is 14.3. The van der Waals surface area contributed by atoms with Crippen molar-refractivity contribution in [1.82, 2.24) is 24.1 Å². The topological polar surface area (TPSA) is 48.5 Å². The van der Waals surface area contributed by atoms with Gasteiger partial charge in [-0.1, -0.05) is 141 Å². The summed E-state index contributed by atoms with van der Waals surface area (Å²) < 4.78 is 44.8. The second-order valence-corrected chi connectivity index (χ2v) is 24.9. The Hall–Kier alpha value is -5.46. The minimum absolute atomic E-state index is 0. The molecule has 5 nitrogen and oxygen atoms in total. The zero-order chi connectivity index (χ0) is 50.7. The summed E-state index contributed by atoms with van der Waals surface area (Å²) in [5, 5.41) is 3.49. The summed E-state index contributed by atoms with van der Waals surface area (Å²) in [7, 11) is -1.81. The van der Waals surface area contributed by atoms with Crippen molar-refractivity contribution in [2.24, 2.45) is 5.41 Å². The van der Waals surface area contributed by atoms with Crippen LogP contribution in [0.1, 0.15) is 102 Å². The van der Waals surface area contributed by atoms with Crippen molar-refractivity contribution in [3.8, 4) is 39.5 Å². The number of pyridine rings is 2. The smallest absolute Gasteiger partial charge is 0.0851 e. The number of aryl methyl sites for hydroxylation is 3. The fraction of sp³-hybridized carbons (Fsp3) is 0.305. The number of hydrogen-bond acceptors (Lipinski definition) is 3. The summed E-state index contributed by atoms with van der Waals surface area (Å²) in [6.07, 6.45) is 2.14. The van der Waals surface area contributed by atoms with Gasteiger partial charge in [0.1, 0.15) is 0 Å². The summed E-state index contributed by atoms with van der Waals surface area (Å²) >= 11 is 0. The van der Waals surface area contributed by atoms with E-state index in [1.807, 2.05) is 39.1 Å². The molecule has 0 bridgehead atoms. The van der Waals surface area contributed by atoms with Crippen LogP contribution in [-0.4, -0.2) is 32.2 Å². The molecule has 0 aliphatic heterocycles. The molecule has 0 amide bonds. The predicted octanol–water partition coefficient (Wildman–Crippen LogP) is 15.2. The molecule has 9 rings (SSSR count). The maximum absolute atomic E-state index is 8.79. The molecular formula is C59H65IrN5Si-2. The van der Waals surface area contributed by atoms with E-state index >= 15 is 0 Å². The maximum Gasteiger partial charge on any atom is 0.0851 e. The molecule has 0 saturated carbocycles.